The maximum absolute atomic E-state index is 14.8. The molecule has 3 aromatic heterocycles. The number of piperazine rings is 1. The second-order valence-corrected chi connectivity index (χ2v) is 11.8. The van der Waals surface area contributed by atoms with Crippen molar-refractivity contribution in [1.82, 2.24) is 24.5 Å². The van der Waals surface area contributed by atoms with Gasteiger partial charge in [0.05, 0.1) is 17.7 Å². The number of aromatic nitrogens is 4. The minimum Gasteiger partial charge on any atom is -0.492 e. The minimum atomic E-state index is -3.13. The van der Waals surface area contributed by atoms with Crippen LogP contribution in [-0.4, -0.2) is 97.8 Å². The number of fused-ring (bicyclic) bond motifs is 1. The van der Waals surface area contributed by atoms with Gasteiger partial charge in [-0.05, 0) is 24.3 Å². The first-order valence-electron chi connectivity index (χ1n) is 12.5. The van der Waals surface area contributed by atoms with Crippen molar-refractivity contribution < 1.29 is 22.0 Å². The van der Waals surface area contributed by atoms with Crippen molar-refractivity contribution in [3.05, 3.63) is 48.5 Å². The lowest BCUT2D eigenvalue weighted by Gasteiger charge is -2.36. The van der Waals surface area contributed by atoms with E-state index in [1.807, 2.05) is 22.9 Å². The summed E-state index contributed by atoms with van der Waals surface area (Å²) in [5.41, 5.74) is 7.87. The van der Waals surface area contributed by atoms with Crippen LogP contribution in [0.15, 0.2) is 47.1 Å². The van der Waals surface area contributed by atoms with Gasteiger partial charge < -0.3 is 24.7 Å². The topological polar surface area (TPSA) is 135 Å². The van der Waals surface area contributed by atoms with Crippen LogP contribution in [0.5, 0.6) is 5.75 Å². The summed E-state index contributed by atoms with van der Waals surface area (Å²) in [5, 5.41) is 4.43. The molecular weight excluding hydrogens is 527 g/mol. The van der Waals surface area contributed by atoms with Gasteiger partial charge in [0.25, 0.3) is 0 Å². The molecule has 1 saturated heterocycles. The molecule has 5 rings (SSSR count). The van der Waals surface area contributed by atoms with Crippen LogP contribution < -0.4 is 20.3 Å². The number of likely N-dealkylation sites (N-methyl/N-ethyl adjacent to an activating group) is 1. The highest BCUT2D eigenvalue weighted by Gasteiger charge is 2.21. The van der Waals surface area contributed by atoms with E-state index in [4.69, 9.17) is 14.9 Å². The number of rotatable bonds is 10. The summed E-state index contributed by atoms with van der Waals surface area (Å²) in [6.45, 7) is 4.36. The number of nitrogen functional groups attached to an aromatic ring is 1. The van der Waals surface area contributed by atoms with Crippen LogP contribution in [0, 0.1) is 5.82 Å². The zero-order chi connectivity index (χ0) is 27.6. The molecule has 4 aromatic rings. The fourth-order valence-electron chi connectivity index (χ4n) is 4.36. The predicted octanol–water partition coefficient (Wildman–Crippen LogP) is 1.79. The van der Waals surface area contributed by atoms with Crippen LogP contribution in [0.25, 0.3) is 17.1 Å². The first-order chi connectivity index (χ1) is 18.7. The number of halogens is 1. The van der Waals surface area contributed by atoms with Crippen LogP contribution in [0.2, 0.25) is 0 Å². The van der Waals surface area contributed by atoms with Crippen molar-refractivity contribution in [3.63, 3.8) is 0 Å². The fourth-order valence-corrected chi connectivity index (χ4v) is 4.75. The Kier molecular flexibility index (Phi) is 7.57. The zero-order valence-electron chi connectivity index (χ0n) is 21.8. The molecule has 1 fully saturated rings. The number of benzene rings is 1. The zero-order valence-corrected chi connectivity index (χ0v) is 22.6. The minimum absolute atomic E-state index is 0.00924. The third-order valence-electron chi connectivity index (χ3n) is 6.56. The Morgan fingerprint density at radius 1 is 1.15 bits per heavy atom. The Labute approximate surface area is 225 Å². The molecule has 0 aliphatic carbocycles. The molecule has 0 saturated carbocycles. The van der Waals surface area contributed by atoms with Gasteiger partial charge in [-0.3, -0.25) is 4.90 Å². The van der Waals surface area contributed by atoms with Gasteiger partial charge in [-0.15, -0.1) is 0 Å². The van der Waals surface area contributed by atoms with Gasteiger partial charge in [0.1, 0.15) is 23.9 Å². The average molecular weight is 559 g/mol. The average Bonchev–Trinajstić information content (AvgIpc) is 3.57. The summed E-state index contributed by atoms with van der Waals surface area (Å²) in [7, 11) is -1.22. The molecule has 0 unspecified atom stereocenters. The van der Waals surface area contributed by atoms with Crippen LogP contribution in [0.4, 0.5) is 22.0 Å². The van der Waals surface area contributed by atoms with E-state index in [0.29, 0.717) is 54.1 Å². The highest BCUT2D eigenvalue weighted by atomic mass is 32.2. The third-order valence-corrected chi connectivity index (χ3v) is 7.47. The summed E-state index contributed by atoms with van der Waals surface area (Å²) in [6.07, 6.45) is 2.72. The summed E-state index contributed by atoms with van der Waals surface area (Å²) < 4.78 is 49.5. The molecule has 1 aliphatic heterocycles. The van der Waals surface area contributed by atoms with Crippen molar-refractivity contribution in [2.75, 3.05) is 80.5 Å². The van der Waals surface area contributed by atoms with Gasteiger partial charge in [-0.2, -0.15) is 19.6 Å². The smallest absolute Gasteiger partial charge is 0.230 e. The van der Waals surface area contributed by atoms with Crippen LogP contribution in [-0.2, 0) is 9.84 Å². The van der Waals surface area contributed by atoms with E-state index in [1.165, 1.54) is 10.6 Å². The Hall–Kier alpha value is -3.91. The number of hydrogen-bond acceptors (Lipinski definition) is 11. The van der Waals surface area contributed by atoms with Gasteiger partial charge in [-0.25, -0.2) is 12.8 Å². The van der Waals surface area contributed by atoms with Gasteiger partial charge in [0.2, 0.25) is 11.9 Å². The fraction of sp³-hybridized carbons (Fsp3) is 0.400. The van der Waals surface area contributed by atoms with E-state index in [2.05, 4.69) is 20.0 Å². The number of nitrogens with zero attached hydrogens (tertiary/aromatic N) is 7. The molecule has 0 atom stereocenters. The van der Waals surface area contributed by atoms with Crippen molar-refractivity contribution in [2.24, 2.45) is 0 Å². The maximum atomic E-state index is 14.8. The van der Waals surface area contributed by atoms with Gasteiger partial charge >= 0.3 is 0 Å². The summed E-state index contributed by atoms with van der Waals surface area (Å²) in [6, 6.07) is 10.1. The van der Waals surface area contributed by atoms with Crippen LogP contribution in [0.1, 0.15) is 0 Å². The molecule has 0 radical (unpaired) electrons. The third kappa shape index (κ3) is 6.40. The molecule has 2 N–H and O–H groups in total. The lowest BCUT2D eigenvalue weighted by molar-refractivity contribution is 0.262. The van der Waals surface area contributed by atoms with Gasteiger partial charge in [-0.1, -0.05) is 0 Å². The summed E-state index contributed by atoms with van der Waals surface area (Å²) >= 11 is 0. The first-order valence-corrected chi connectivity index (χ1v) is 14.6. The molecule has 39 heavy (non-hydrogen) atoms. The van der Waals surface area contributed by atoms with E-state index in [0.717, 1.165) is 25.9 Å². The normalized spacial score (nSPS) is 14.7. The van der Waals surface area contributed by atoms with Crippen LogP contribution >= 0.6 is 0 Å². The molecule has 14 heteroatoms. The van der Waals surface area contributed by atoms with Crippen molar-refractivity contribution in [1.29, 1.82) is 0 Å². The van der Waals surface area contributed by atoms with E-state index >= 15 is 0 Å². The molecule has 0 bridgehead atoms. The maximum Gasteiger partial charge on any atom is 0.230 e. The van der Waals surface area contributed by atoms with Crippen LogP contribution in [0.3, 0.4) is 0 Å². The SMILES string of the molecule is CN(CCN1CCN(c2ccc(OCCS(C)(=O)=O)cc2F)CC1)c1nc(N)n2nc(-c3ccco3)cc2n1. The number of nitrogens with two attached hydrogens (primary N) is 1. The Morgan fingerprint density at radius 2 is 1.95 bits per heavy atom. The molecule has 208 valence electrons. The highest BCUT2D eigenvalue weighted by Crippen LogP contribution is 2.26. The number of furan rings is 1. The molecular formula is C25H31FN8O4S. The van der Waals surface area contributed by atoms with Crippen molar-refractivity contribution >= 4 is 33.1 Å². The second kappa shape index (κ2) is 11.1. The van der Waals surface area contributed by atoms with E-state index < -0.39 is 9.84 Å². The highest BCUT2D eigenvalue weighted by molar-refractivity contribution is 7.90. The number of anilines is 3. The Morgan fingerprint density at radius 3 is 2.64 bits per heavy atom. The van der Waals surface area contributed by atoms with Gasteiger partial charge in [0, 0.05) is 64.7 Å². The van der Waals surface area contributed by atoms with E-state index in [1.54, 1.807) is 30.5 Å². The molecule has 0 spiro atoms. The molecule has 4 heterocycles. The molecule has 1 aromatic carbocycles. The first kappa shape index (κ1) is 26.7. The molecule has 1 aliphatic rings. The largest absolute Gasteiger partial charge is 0.492 e. The monoisotopic (exact) mass is 558 g/mol. The van der Waals surface area contributed by atoms with Crippen molar-refractivity contribution in [3.8, 4) is 17.2 Å². The lowest BCUT2D eigenvalue weighted by Crippen LogP contribution is -2.48. The number of sulfone groups is 1. The predicted molar refractivity (Wildman–Crippen MR) is 146 cm³/mol. The van der Waals surface area contributed by atoms with E-state index in [9.17, 15) is 12.8 Å². The number of hydrogen-bond donors (Lipinski definition) is 1. The van der Waals surface area contributed by atoms with Crippen molar-refractivity contribution in [2.45, 2.75) is 0 Å². The summed E-state index contributed by atoms with van der Waals surface area (Å²) in [4.78, 5) is 15.3. The summed E-state index contributed by atoms with van der Waals surface area (Å²) in [5.74, 6) is 1.18. The molecule has 12 nitrogen and oxygen atoms in total. The molecule has 0 amide bonds. The Bertz CT molecular complexity index is 1540. The van der Waals surface area contributed by atoms with E-state index in [-0.39, 0.29) is 24.1 Å². The quantitative estimate of drug-likeness (QED) is 0.305. The Balaban J connectivity index is 1.13. The second-order valence-electron chi connectivity index (χ2n) is 9.50. The number of ether oxygens (including phenoxy) is 1. The lowest BCUT2D eigenvalue weighted by atomic mass is 10.2. The van der Waals surface area contributed by atoms with Gasteiger partial charge in [0.15, 0.2) is 21.2 Å². The standard InChI is InChI=1S/C25H31FN8O4S/c1-31(25-28-23-17-20(22-4-3-13-38-22)30-34(23)24(27)29-25)7-8-32-9-11-33(12-10-32)21-6-5-18(16-19(21)26)37-14-15-39(2,35)36/h3-6,13,16-17H,7-12,14-15H2,1-2H3,(H2,27,28,29).